The maximum atomic E-state index is 13.3. The SMILES string of the molecule is C=CCN1CC[C@@]23c4c5ccc(OC(C)=O)c4C[C@@H]1[C@@H]2CC[C@@H](N(C)C(=O)C=Cc1ccccc1)[C@@H]3O5. The number of carbonyl (C=O) groups excluding carboxylic acids is 2. The molecule has 37 heavy (non-hydrogen) atoms. The van der Waals surface area contributed by atoms with E-state index in [1.54, 1.807) is 6.08 Å². The number of ether oxygens (including phenoxy) is 2. The summed E-state index contributed by atoms with van der Waals surface area (Å²) in [5, 5.41) is 0. The summed E-state index contributed by atoms with van der Waals surface area (Å²) in [5.74, 6) is 1.64. The number of rotatable bonds is 6. The van der Waals surface area contributed by atoms with Gasteiger partial charge in [0.25, 0.3) is 0 Å². The highest BCUT2D eigenvalue weighted by Gasteiger charge is 2.66. The van der Waals surface area contributed by atoms with E-state index in [1.807, 2.05) is 66.6 Å². The number of carbonyl (C=O) groups is 2. The van der Waals surface area contributed by atoms with E-state index in [0.29, 0.717) is 17.7 Å². The molecule has 0 N–H and O–H groups in total. The van der Waals surface area contributed by atoms with Crippen molar-refractivity contribution in [2.45, 2.75) is 56.2 Å². The van der Waals surface area contributed by atoms with Crippen molar-refractivity contribution in [3.63, 3.8) is 0 Å². The van der Waals surface area contributed by atoms with Crippen LogP contribution in [0.2, 0.25) is 0 Å². The van der Waals surface area contributed by atoms with Crippen molar-refractivity contribution in [1.82, 2.24) is 9.80 Å². The van der Waals surface area contributed by atoms with Crippen LogP contribution in [0.4, 0.5) is 0 Å². The molecule has 5 atom stereocenters. The van der Waals surface area contributed by atoms with E-state index in [0.717, 1.165) is 55.6 Å². The van der Waals surface area contributed by atoms with Gasteiger partial charge in [0.15, 0.2) is 0 Å². The second-order valence-electron chi connectivity index (χ2n) is 10.8. The van der Waals surface area contributed by atoms with Crippen LogP contribution in [0.15, 0.2) is 61.2 Å². The Morgan fingerprint density at radius 3 is 2.78 bits per heavy atom. The van der Waals surface area contributed by atoms with Crippen molar-refractivity contribution in [2.24, 2.45) is 5.92 Å². The van der Waals surface area contributed by atoms with Crippen LogP contribution in [0.25, 0.3) is 6.08 Å². The van der Waals surface area contributed by atoms with Crippen molar-refractivity contribution in [3.05, 3.63) is 77.9 Å². The van der Waals surface area contributed by atoms with Crippen LogP contribution in [0.1, 0.15) is 42.9 Å². The third-order valence-corrected chi connectivity index (χ3v) is 9.08. The van der Waals surface area contributed by atoms with Crippen LogP contribution in [0.5, 0.6) is 11.5 Å². The van der Waals surface area contributed by atoms with Crippen LogP contribution < -0.4 is 9.47 Å². The van der Waals surface area contributed by atoms with E-state index in [4.69, 9.17) is 9.47 Å². The Hall–Kier alpha value is -3.38. The normalized spacial score (nSPS) is 29.4. The molecular weight excluding hydrogens is 464 g/mol. The number of benzene rings is 2. The zero-order valence-corrected chi connectivity index (χ0v) is 21.6. The molecule has 6 nitrogen and oxygen atoms in total. The largest absolute Gasteiger partial charge is 0.487 e. The quantitative estimate of drug-likeness (QED) is 0.256. The van der Waals surface area contributed by atoms with Crippen LogP contribution in [0.3, 0.4) is 0 Å². The molecule has 0 unspecified atom stereocenters. The number of esters is 1. The number of amides is 1. The highest BCUT2D eigenvalue weighted by Crippen LogP contribution is 2.63. The smallest absolute Gasteiger partial charge is 0.308 e. The fourth-order valence-electron chi connectivity index (χ4n) is 7.65. The van der Waals surface area contributed by atoms with Gasteiger partial charge >= 0.3 is 5.97 Å². The third kappa shape index (κ3) is 3.72. The summed E-state index contributed by atoms with van der Waals surface area (Å²) in [6.45, 7) is 7.25. The average Bonchev–Trinajstić information content (AvgIpc) is 3.23. The van der Waals surface area contributed by atoms with Gasteiger partial charge in [-0.15, -0.1) is 6.58 Å². The Balaban J connectivity index is 1.38. The predicted octanol–water partition coefficient (Wildman–Crippen LogP) is 4.38. The number of likely N-dealkylation sites (N-methyl/N-ethyl adjacent to an activating group) is 1. The fraction of sp³-hybridized carbons (Fsp3) is 0.419. The molecule has 2 aliphatic heterocycles. The number of likely N-dealkylation sites (tertiary alicyclic amines) is 1. The minimum Gasteiger partial charge on any atom is -0.487 e. The number of piperidine rings is 1. The molecule has 2 bridgehead atoms. The molecule has 2 aromatic rings. The summed E-state index contributed by atoms with van der Waals surface area (Å²) in [4.78, 5) is 29.7. The van der Waals surface area contributed by atoms with Gasteiger partial charge in [0.05, 0.1) is 6.04 Å². The molecule has 2 aliphatic carbocycles. The monoisotopic (exact) mass is 498 g/mol. The molecule has 2 fully saturated rings. The van der Waals surface area contributed by atoms with Gasteiger partial charge in [0.1, 0.15) is 17.6 Å². The molecule has 6 heteroatoms. The Kier molecular flexibility index (Phi) is 5.95. The van der Waals surface area contributed by atoms with E-state index in [2.05, 4.69) is 11.5 Å². The van der Waals surface area contributed by atoms with E-state index < -0.39 is 0 Å². The summed E-state index contributed by atoms with van der Waals surface area (Å²) in [6, 6.07) is 14.0. The molecular formula is C31H34N2O4. The molecule has 1 amide bonds. The zero-order chi connectivity index (χ0) is 25.7. The molecule has 192 valence electrons. The standard InChI is InChI=1S/C31H34N2O4/c1-4-17-33-18-16-31-23-11-12-24(32(3)28(35)15-10-21-8-6-5-7-9-21)30(31)37-27-14-13-26(36-20(2)34)22(29(27)31)19-25(23)33/h4-10,13-15,23-25,30H,1,11-12,16-19H2,2-3H3/t23-,24+,25+,30-,31-/m0/s1. The van der Waals surface area contributed by atoms with Gasteiger partial charge in [-0.2, -0.15) is 0 Å². The lowest BCUT2D eigenvalue weighted by Gasteiger charge is -2.60. The van der Waals surface area contributed by atoms with E-state index >= 15 is 0 Å². The second-order valence-corrected chi connectivity index (χ2v) is 10.8. The highest BCUT2D eigenvalue weighted by molar-refractivity contribution is 5.92. The maximum absolute atomic E-state index is 13.3. The first-order chi connectivity index (χ1) is 17.9. The Bertz CT molecular complexity index is 1270. The lowest BCUT2D eigenvalue weighted by molar-refractivity contribution is -0.135. The van der Waals surface area contributed by atoms with Crippen molar-refractivity contribution in [1.29, 1.82) is 0 Å². The maximum Gasteiger partial charge on any atom is 0.308 e. The van der Waals surface area contributed by atoms with Gasteiger partial charge in [0, 0.05) is 49.2 Å². The number of nitrogens with zero attached hydrogens (tertiary/aromatic N) is 2. The summed E-state index contributed by atoms with van der Waals surface area (Å²) < 4.78 is 12.5. The lowest BCUT2D eigenvalue weighted by Crippen LogP contribution is -2.68. The summed E-state index contributed by atoms with van der Waals surface area (Å²) in [7, 11) is 1.91. The Morgan fingerprint density at radius 1 is 1.22 bits per heavy atom. The summed E-state index contributed by atoms with van der Waals surface area (Å²) in [6.07, 6.45) is 9.12. The number of hydrogen-bond donors (Lipinski definition) is 0. The first-order valence-corrected chi connectivity index (χ1v) is 13.3. The van der Waals surface area contributed by atoms with Crippen LogP contribution in [-0.4, -0.2) is 60.0 Å². The third-order valence-electron chi connectivity index (χ3n) is 9.08. The van der Waals surface area contributed by atoms with E-state index in [1.165, 1.54) is 12.5 Å². The minimum atomic E-state index is -0.309. The zero-order valence-electron chi connectivity index (χ0n) is 21.6. The first kappa shape index (κ1) is 24.0. The van der Waals surface area contributed by atoms with E-state index in [9.17, 15) is 9.59 Å². The predicted molar refractivity (Wildman–Crippen MR) is 142 cm³/mol. The van der Waals surface area contributed by atoms with Gasteiger partial charge in [-0.3, -0.25) is 14.5 Å². The minimum absolute atomic E-state index is 0.0134. The van der Waals surface area contributed by atoms with Gasteiger partial charge in [-0.05, 0) is 61.9 Å². The highest BCUT2D eigenvalue weighted by atomic mass is 16.5. The van der Waals surface area contributed by atoms with Gasteiger partial charge < -0.3 is 14.4 Å². The van der Waals surface area contributed by atoms with Gasteiger partial charge in [0.2, 0.25) is 5.91 Å². The summed E-state index contributed by atoms with van der Waals surface area (Å²) >= 11 is 0. The first-order valence-electron chi connectivity index (χ1n) is 13.3. The molecule has 2 heterocycles. The van der Waals surface area contributed by atoms with Crippen molar-refractivity contribution in [2.75, 3.05) is 20.1 Å². The molecule has 0 radical (unpaired) electrons. The molecule has 1 spiro atoms. The molecule has 1 saturated carbocycles. The molecule has 0 aromatic heterocycles. The Labute approximate surface area is 218 Å². The second kappa shape index (κ2) is 9.18. The molecule has 1 saturated heterocycles. The molecule has 2 aromatic carbocycles. The molecule has 6 rings (SSSR count). The fourth-order valence-corrected chi connectivity index (χ4v) is 7.65. The Morgan fingerprint density at radius 2 is 2.03 bits per heavy atom. The van der Waals surface area contributed by atoms with Crippen LogP contribution in [0, 0.1) is 5.92 Å². The van der Waals surface area contributed by atoms with Crippen LogP contribution in [-0.2, 0) is 21.4 Å². The van der Waals surface area contributed by atoms with Crippen molar-refractivity contribution < 1.29 is 19.1 Å². The van der Waals surface area contributed by atoms with Crippen molar-refractivity contribution >= 4 is 18.0 Å². The van der Waals surface area contributed by atoms with Crippen molar-refractivity contribution in [3.8, 4) is 11.5 Å². The molecule has 4 aliphatic rings. The van der Waals surface area contributed by atoms with Gasteiger partial charge in [-0.25, -0.2) is 0 Å². The van der Waals surface area contributed by atoms with E-state index in [-0.39, 0.29) is 29.4 Å². The van der Waals surface area contributed by atoms with Crippen LogP contribution >= 0.6 is 0 Å². The lowest BCUT2D eigenvalue weighted by atomic mass is 9.51. The summed E-state index contributed by atoms with van der Waals surface area (Å²) in [5.41, 5.74) is 3.13. The average molecular weight is 499 g/mol. The number of hydrogen-bond acceptors (Lipinski definition) is 5. The topological polar surface area (TPSA) is 59.1 Å². The van der Waals surface area contributed by atoms with Gasteiger partial charge in [-0.1, -0.05) is 36.4 Å².